The first-order valence-electron chi connectivity index (χ1n) is 14.3. The third-order valence-electron chi connectivity index (χ3n) is 10.2. The van der Waals surface area contributed by atoms with E-state index in [9.17, 15) is 9.59 Å². The fraction of sp³-hybridized carbons (Fsp3) is 0.929. The van der Waals surface area contributed by atoms with E-state index in [4.69, 9.17) is 0 Å². The predicted molar refractivity (Wildman–Crippen MR) is 128 cm³/mol. The first-order chi connectivity index (χ1) is 15.7. The minimum atomic E-state index is 0.252. The third kappa shape index (κ3) is 5.36. The zero-order chi connectivity index (χ0) is 21.9. The van der Waals surface area contributed by atoms with Gasteiger partial charge in [0, 0.05) is 23.9 Å². The molecule has 4 heteroatoms. The SMILES string of the molecule is O=C(NC1CCC(NC(=O)C2CCC3CCCCC3C2)CC1)C1CCC2CCCCC2C1. The summed E-state index contributed by atoms with van der Waals surface area (Å²) in [5, 5.41) is 6.80. The molecule has 5 rings (SSSR count). The molecule has 32 heavy (non-hydrogen) atoms. The molecule has 5 saturated carbocycles. The first-order valence-corrected chi connectivity index (χ1v) is 14.3. The van der Waals surface area contributed by atoms with Crippen LogP contribution in [0.15, 0.2) is 0 Å². The van der Waals surface area contributed by atoms with Gasteiger partial charge in [-0.15, -0.1) is 0 Å². The highest BCUT2D eigenvalue weighted by molar-refractivity contribution is 5.79. The van der Waals surface area contributed by atoms with Crippen LogP contribution in [0.2, 0.25) is 0 Å². The van der Waals surface area contributed by atoms with Gasteiger partial charge in [-0.25, -0.2) is 0 Å². The Morgan fingerprint density at radius 2 is 0.812 bits per heavy atom. The van der Waals surface area contributed by atoms with Gasteiger partial charge in [-0.05, 0) is 87.9 Å². The van der Waals surface area contributed by atoms with E-state index >= 15 is 0 Å². The van der Waals surface area contributed by atoms with Crippen LogP contribution < -0.4 is 10.6 Å². The van der Waals surface area contributed by atoms with Crippen molar-refractivity contribution >= 4 is 11.8 Å². The Kier molecular flexibility index (Phi) is 7.43. The number of carbonyl (C=O) groups excluding carboxylic acids is 2. The zero-order valence-corrected chi connectivity index (χ0v) is 20.2. The summed E-state index contributed by atoms with van der Waals surface area (Å²) in [6.45, 7) is 0. The molecule has 0 saturated heterocycles. The lowest BCUT2D eigenvalue weighted by Crippen LogP contribution is -2.47. The molecule has 0 bridgehead atoms. The molecule has 5 aliphatic carbocycles. The molecule has 0 aliphatic heterocycles. The molecule has 0 aromatic carbocycles. The second kappa shape index (κ2) is 10.5. The highest BCUT2D eigenvalue weighted by Crippen LogP contribution is 2.44. The largest absolute Gasteiger partial charge is 0.353 e. The third-order valence-corrected chi connectivity index (χ3v) is 10.2. The van der Waals surface area contributed by atoms with Gasteiger partial charge in [0.2, 0.25) is 11.8 Å². The molecule has 6 atom stereocenters. The van der Waals surface area contributed by atoms with E-state index < -0.39 is 0 Å². The van der Waals surface area contributed by atoms with Gasteiger partial charge in [0.1, 0.15) is 0 Å². The number of carbonyl (C=O) groups is 2. The van der Waals surface area contributed by atoms with Crippen LogP contribution >= 0.6 is 0 Å². The highest BCUT2D eigenvalue weighted by atomic mass is 16.2. The smallest absolute Gasteiger partial charge is 0.223 e. The highest BCUT2D eigenvalue weighted by Gasteiger charge is 2.37. The zero-order valence-electron chi connectivity index (χ0n) is 20.2. The van der Waals surface area contributed by atoms with Gasteiger partial charge < -0.3 is 10.6 Å². The van der Waals surface area contributed by atoms with Crippen molar-refractivity contribution in [3.63, 3.8) is 0 Å². The summed E-state index contributed by atoms with van der Waals surface area (Å²) in [6.07, 6.45) is 22.1. The lowest BCUT2D eigenvalue weighted by atomic mass is 9.67. The Morgan fingerprint density at radius 3 is 1.22 bits per heavy atom. The van der Waals surface area contributed by atoms with Crippen LogP contribution in [0.4, 0.5) is 0 Å². The lowest BCUT2D eigenvalue weighted by molar-refractivity contribution is -0.129. The number of fused-ring (bicyclic) bond motifs is 2. The Labute approximate surface area is 195 Å². The molecule has 0 heterocycles. The minimum Gasteiger partial charge on any atom is -0.353 e. The quantitative estimate of drug-likeness (QED) is 0.583. The van der Waals surface area contributed by atoms with E-state index in [2.05, 4.69) is 10.6 Å². The van der Waals surface area contributed by atoms with Crippen molar-refractivity contribution in [1.82, 2.24) is 10.6 Å². The summed E-state index contributed by atoms with van der Waals surface area (Å²) in [5.41, 5.74) is 0. The molecule has 2 N–H and O–H groups in total. The molecule has 6 unspecified atom stereocenters. The average Bonchev–Trinajstić information content (AvgIpc) is 2.84. The van der Waals surface area contributed by atoms with Gasteiger partial charge >= 0.3 is 0 Å². The molecule has 4 nitrogen and oxygen atoms in total. The normalized spacial score (nSPS) is 42.2. The fourth-order valence-electron chi connectivity index (χ4n) is 8.24. The second-order valence-electron chi connectivity index (χ2n) is 12.2. The molecule has 2 amide bonds. The Balaban J connectivity index is 1.02. The van der Waals surface area contributed by atoms with Crippen LogP contribution in [0, 0.1) is 35.5 Å². The minimum absolute atomic E-state index is 0.252. The predicted octanol–water partition coefficient (Wildman–Crippen LogP) is 5.74. The van der Waals surface area contributed by atoms with E-state index in [-0.39, 0.29) is 11.8 Å². The molecule has 5 fully saturated rings. The van der Waals surface area contributed by atoms with Crippen molar-refractivity contribution in [2.75, 3.05) is 0 Å². The molecule has 0 spiro atoms. The number of nitrogens with one attached hydrogen (secondary N) is 2. The summed E-state index contributed by atoms with van der Waals surface area (Å²) in [4.78, 5) is 25.9. The van der Waals surface area contributed by atoms with Crippen LogP contribution in [-0.2, 0) is 9.59 Å². The molecule has 0 aromatic rings. The van der Waals surface area contributed by atoms with Crippen molar-refractivity contribution in [2.24, 2.45) is 35.5 Å². The fourth-order valence-corrected chi connectivity index (χ4v) is 8.24. The number of hydrogen-bond donors (Lipinski definition) is 2. The van der Waals surface area contributed by atoms with E-state index in [1.807, 2.05) is 0 Å². The van der Waals surface area contributed by atoms with Gasteiger partial charge in [0.25, 0.3) is 0 Å². The molecular weight excluding hydrogens is 396 g/mol. The van der Waals surface area contributed by atoms with Crippen molar-refractivity contribution in [2.45, 2.75) is 128 Å². The van der Waals surface area contributed by atoms with Gasteiger partial charge in [0.05, 0.1) is 0 Å². The average molecular weight is 443 g/mol. The number of hydrogen-bond acceptors (Lipinski definition) is 2. The van der Waals surface area contributed by atoms with Gasteiger partial charge in [-0.1, -0.05) is 51.4 Å². The first kappa shape index (κ1) is 22.7. The van der Waals surface area contributed by atoms with Gasteiger partial charge in [0.15, 0.2) is 0 Å². The molecule has 5 aliphatic rings. The van der Waals surface area contributed by atoms with Crippen LogP contribution in [0.25, 0.3) is 0 Å². The van der Waals surface area contributed by atoms with Crippen molar-refractivity contribution < 1.29 is 9.59 Å². The van der Waals surface area contributed by atoms with Crippen LogP contribution in [0.1, 0.15) is 116 Å². The van der Waals surface area contributed by atoms with Gasteiger partial charge in [-0.3, -0.25) is 9.59 Å². The Bertz CT molecular complexity index is 600. The Hall–Kier alpha value is -1.06. The molecular formula is C28H46N2O2. The molecule has 0 aromatic heterocycles. The summed E-state index contributed by atoms with van der Waals surface area (Å²) >= 11 is 0. The van der Waals surface area contributed by atoms with Crippen LogP contribution in [0.5, 0.6) is 0 Å². The van der Waals surface area contributed by atoms with Crippen molar-refractivity contribution in [3.8, 4) is 0 Å². The van der Waals surface area contributed by atoms with Gasteiger partial charge in [-0.2, -0.15) is 0 Å². The maximum absolute atomic E-state index is 12.9. The van der Waals surface area contributed by atoms with Crippen molar-refractivity contribution in [1.29, 1.82) is 0 Å². The maximum atomic E-state index is 12.9. The summed E-state index contributed by atoms with van der Waals surface area (Å²) < 4.78 is 0. The van der Waals surface area contributed by atoms with E-state index in [1.165, 1.54) is 64.2 Å². The topological polar surface area (TPSA) is 58.2 Å². The van der Waals surface area contributed by atoms with E-state index in [0.717, 1.165) is 75.0 Å². The molecule has 180 valence electrons. The molecule has 0 radical (unpaired) electrons. The van der Waals surface area contributed by atoms with Crippen molar-refractivity contribution in [3.05, 3.63) is 0 Å². The lowest BCUT2D eigenvalue weighted by Gasteiger charge is -2.40. The summed E-state index contributed by atoms with van der Waals surface area (Å²) in [7, 11) is 0. The monoisotopic (exact) mass is 442 g/mol. The van der Waals surface area contributed by atoms with Crippen LogP contribution in [0.3, 0.4) is 0 Å². The maximum Gasteiger partial charge on any atom is 0.223 e. The van der Waals surface area contributed by atoms with E-state index in [0.29, 0.717) is 23.9 Å². The summed E-state index contributed by atoms with van der Waals surface area (Å²) in [6, 6.07) is 0.634. The van der Waals surface area contributed by atoms with Crippen LogP contribution in [-0.4, -0.2) is 23.9 Å². The second-order valence-corrected chi connectivity index (χ2v) is 12.2. The van der Waals surface area contributed by atoms with E-state index in [1.54, 1.807) is 0 Å². The number of amides is 2. The number of rotatable bonds is 4. The Morgan fingerprint density at radius 1 is 0.438 bits per heavy atom. The standard InChI is InChI=1S/C28H46N2O2/c31-27(23-11-9-19-5-1-3-7-21(19)17-23)29-25-13-15-26(16-14-25)30-28(32)24-12-10-20-6-2-4-8-22(20)18-24/h19-26H,1-18H2,(H,29,31)(H,30,32). The summed E-state index contributed by atoms with van der Waals surface area (Å²) in [5.74, 6) is 4.57.